The van der Waals surface area contributed by atoms with Crippen LogP contribution >= 0.6 is 11.6 Å². The molecule has 0 aliphatic carbocycles. The molecule has 1 unspecified atom stereocenters. The van der Waals surface area contributed by atoms with Gasteiger partial charge in [0.25, 0.3) is 0 Å². The van der Waals surface area contributed by atoms with Crippen molar-refractivity contribution in [1.29, 1.82) is 0 Å². The summed E-state index contributed by atoms with van der Waals surface area (Å²) >= 11 is 5.69. The van der Waals surface area contributed by atoms with Crippen LogP contribution in [-0.2, 0) is 10.4 Å². The zero-order chi connectivity index (χ0) is 10.6. The fourth-order valence-corrected chi connectivity index (χ4v) is 1.64. The minimum absolute atomic E-state index is 0.0244. The molecule has 0 saturated carbocycles. The molecule has 0 fully saturated rings. The first-order valence-electron chi connectivity index (χ1n) is 4.42. The molecule has 0 aromatic heterocycles. The molecular weight excluding hydrogens is 200 g/mol. The normalized spacial score (nSPS) is 14.8. The molecule has 1 atom stereocenters. The summed E-state index contributed by atoms with van der Waals surface area (Å²) in [6.07, 6.45) is 0.0561. The first kappa shape index (κ1) is 11.2. The van der Waals surface area contributed by atoms with Crippen molar-refractivity contribution in [1.82, 2.24) is 0 Å². The summed E-state index contributed by atoms with van der Waals surface area (Å²) in [7, 11) is 0. The Hall–Kier alpha value is -0.860. The van der Waals surface area contributed by atoms with Crippen LogP contribution in [0, 0.1) is 0 Å². The van der Waals surface area contributed by atoms with Gasteiger partial charge in [-0.2, -0.15) is 0 Å². The second-order valence-corrected chi connectivity index (χ2v) is 3.68. The molecule has 1 rings (SSSR count). The summed E-state index contributed by atoms with van der Waals surface area (Å²) in [5, 5.41) is 10.1. The molecule has 76 valence electrons. The summed E-state index contributed by atoms with van der Waals surface area (Å²) in [5.41, 5.74) is -0.542. The predicted octanol–water partition coefficient (Wildman–Crippen LogP) is 2.09. The number of hydrogen-bond acceptors (Lipinski definition) is 2. The lowest BCUT2D eigenvalue weighted by molar-refractivity contribution is -0.121. The van der Waals surface area contributed by atoms with E-state index >= 15 is 0 Å². The van der Waals surface area contributed by atoms with Crippen LogP contribution in [0.1, 0.15) is 18.9 Å². The number of rotatable bonds is 4. The maximum atomic E-state index is 11.0. The molecule has 0 aliphatic rings. The number of benzene rings is 1. The summed E-state index contributed by atoms with van der Waals surface area (Å²) in [6.45, 7) is 1.44. The van der Waals surface area contributed by atoms with Gasteiger partial charge in [-0.3, -0.25) is 4.79 Å². The van der Waals surface area contributed by atoms with Crippen molar-refractivity contribution >= 4 is 17.4 Å². The second kappa shape index (κ2) is 4.58. The number of carbonyl (C=O) groups excluding carboxylic acids is 1. The largest absolute Gasteiger partial charge is 0.383 e. The third kappa shape index (κ3) is 2.56. The van der Waals surface area contributed by atoms with Gasteiger partial charge in [0.2, 0.25) is 0 Å². The van der Waals surface area contributed by atoms with Gasteiger partial charge in [0.1, 0.15) is 11.4 Å². The Labute approximate surface area is 88.5 Å². The van der Waals surface area contributed by atoms with Gasteiger partial charge in [0, 0.05) is 6.42 Å². The monoisotopic (exact) mass is 212 g/mol. The Balaban J connectivity index is 2.95. The van der Waals surface area contributed by atoms with Gasteiger partial charge in [0.15, 0.2) is 0 Å². The van der Waals surface area contributed by atoms with Crippen molar-refractivity contribution in [3.05, 3.63) is 35.9 Å². The van der Waals surface area contributed by atoms with Crippen LogP contribution in [0.3, 0.4) is 0 Å². The standard InChI is InChI=1S/C11H13ClO2/c1-9(13)7-11(14,8-12)10-5-3-2-4-6-10/h2-6,14H,7-8H2,1H3. The highest BCUT2D eigenvalue weighted by atomic mass is 35.5. The van der Waals surface area contributed by atoms with Gasteiger partial charge in [0.05, 0.1) is 5.88 Å². The molecule has 0 bridgehead atoms. The Kier molecular flexibility index (Phi) is 3.67. The van der Waals surface area contributed by atoms with Crippen molar-refractivity contribution in [3.63, 3.8) is 0 Å². The lowest BCUT2D eigenvalue weighted by Crippen LogP contribution is -2.30. The number of ketones is 1. The van der Waals surface area contributed by atoms with E-state index in [1.807, 2.05) is 18.2 Å². The van der Waals surface area contributed by atoms with Crippen molar-refractivity contribution in [2.24, 2.45) is 0 Å². The Morgan fingerprint density at radius 1 is 1.43 bits per heavy atom. The first-order chi connectivity index (χ1) is 6.58. The minimum atomic E-state index is -1.23. The highest BCUT2D eigenvalue weighted by molar-refractivity contribution is 6.18. The minimum Gasteiger partial charge on any atom is -0.383 e. The molecule has 0 spiro atoms. The quantitative estimate of drug-likeness (QED) is 0.777. The second-order valence-electron chi connectivity index (χ2n) is 3.41. The van der Waals surface area contributed by atoms with E-state index in [1.165, 1.54) is 6.92 Å². The van der Waals surface area contributed by atoms with Gasteiger partial charge in [-0.05, 0) is 12.5 Å². The molecule has 1 N–H and O–H groups in total. The molecule has 0 radical (unpaired) electrons. The number of hydrogen-bond donors (Lipinski definition) is 1. The highest BCUT2D eigenvalue weighted by Gasteiger charge is 2.29. The number of carbonyl (C=O) groups is 1. The Morgan fingerprint density at radius 3 is 2.43 bits per heavy atom. The zero-order valence-electron chi connectivity index (χ0n) is 8.03. The smallest absolute Gasteiger partial charge is 0.133 e. The van der Waals surface area contributed by atoms with E-state index in [4.69, 9.17) is 11.6 Å². The van der Waals surface area contributed by atoms with Gasteiger partial charge < -0.3 is 5.11 Å². The molecule has 0 heterocycles. The average molecular weight is 213 g/mol. The lowest BCUT2D eigenvalue weighted by Gasteiger charge is -2.24. The molecule has 1 aromatic carbocycles. The maximum Gasteiger partial charge on any atom is 0.133 e. The molecule has 0 saturated heterocycles. The fraction of sp³-hybridized carbons (Fsp3) is 0.364. The van der Waals surface area contributed by atoms with Crippen LogP contribution in [0.5, 0.6) is 0 Å². The van der Waals surface area contributed by atoms with E-state index in [0.29, 0.717) is 5.56 Å². The Morgan fingerprint density at radius 2 is 2.00 bits per heavy atom. The van der Waals surface area contributed by atoms with E-state index in [2.05, 4.69) is 0 Å². The third-order valence-electron chi connectivity index (χ3n) is 2.07. The molecule has 0 amide bonds. The maximum absolute atomic E-state index is 11.0. The summed E-state index contributed by atoms with van der Waals surface area (Å²) in [4.78, 5) is 11.0. The van der Waals surface area contributed by atoms with Crippen molar-refractivity contribution in [2.45, 2.75) is 18.9 Å². The zero-order valence-corrected chi connectivity index (χ0v) is 8.79. The van der Waals surface area contributed by atoms with E-state index in [0.717, 1.165) is 0 Å². The summed E-state index contributed by atoms with van der Waals surface area (Å²) in [5.74, 6) is -0.0478. The fourth-order valence-electron chi connectivity index (χ4n) is 1.39. The summed E-state index contributed by atoms with van der Waals surface area (Å²) in [6, 6.07) is 9.02. The number of halogens is 1. The van der Waals surface area contributed by atoms with Crippen LogP contribution in [0.4, 0.5) is 0 Å². The van der Waals surface area contributed by atoms with E-state index in [9.17, 15) is 9.90 Å². The van der Waals surface area contributed by atoms with E-state index < -0.39 is 5.60 Å². The molecule has 2 nitrogen and oxygen atoms in total. The van der Waals surface area contributed by atoms with Crippen molar-refractivity contribution in [3.8, 4) is 0 Å². The topological polar surface area (TPSA) is 37.3 Å². The van der Waals surface area contributed by atoms with Crippen molar-refractivity contribution in [2.75, 3.05) is 5.88 Å². The number of aliphatic hydroxyl groups is 1. The van der Waals surface area contributed by atoms with Crippen molar-refractivity contribution < 1.29 is 9.90 Å². The van der Waals surface area contributed by atoms with E-state index in [-0.39, 0.29) is 18.1 Å². The van der Waals surface area contributed by atoms with Crippen LogP contribution < -0.4 is 0 Å². The molecule has 1 aromatic rings. The molecule has 0 aliphatic heterocycles. The van der Waals surface area contributed by atoms with Crippen LogP contribution in [0.2, 0.25) is 0 Å². The van der Waals surface area contributed by atoms with Gasteiger partial charge >= 0.3 is 0 Å². The van der Waals surface area contributed by atoms with Crippen LogP contribution in [0.25, 0.3) is 0 Å². The number of alkyl halides is 1. The van der Waals surface area contributed by atoms with E-state index in [1.54, 1.807) is 12.1 Å². The molecular formula is C11H13ClO2. The molecule has 14 heavy (non-hydrogen) atoms. The van der Waals surface area contributed by atoms with Crippen LogP contribution in [-0.4, -0.2) is 16.8 Å². The number of Topliss-reactive ketones (excluding diaryl/α,β-unsaturated/α-hetero) is 1. The highest BCUT2D eigenvalue weighted by Crippen LogP contribution is 2.26. The van der Waals surface area contributed by atoms with Gasteiger partial charge in [-0.1, -0.05) is 30.3 Å². The lowest BCUT2D eigenvalue weighted by atomic mass is 9.91. The first-order valence-corrected chi connectivity index (χ1v) is 4.95. The summed E-state index contributed by atoms with van der Waals surface area (Å²) < 4.78 is 0. The third-order valence-corrected chi connectivity index (χ3v) is 2.52. The van der Waals surface area contributed by atoms with Crippen LogP contribution in [0.15, 0.2) is 30.3 Å². The molecule has 3 heteroatoms. The predicted molar refractivity (Wildman–Crippen MR) is 56.4 cm³/mol. The SMILES string of the molecule is CC(=O)CC(O)(CCl)c1ccccc1. The van der Waals surface area contributed by atoms with Gasteiger partial charge in [-0.25, -0.2) is 0 Å². The average Bonchev–Trinajstić information content (AvgIpc) is 2.18. The Bertz CT molecular complexity index is 310. The van der Waals surface area contributed by atoms with Gasteiger partial charge in [-0.15, -0.1) is 11.6 Å².